The first kappa shape index (κ1) is 12.3. The predicted molar refractivity (Wildman–Crippen MR) is 61.7 cm³/mol. The zero-order chi connectivity index (χ0) is 12.0. The highest BCUT2D eigenvalue weighted by molar-refractivity contribution is 5.43. The first-order valence-electron chi connectivity index (χ1n) is 5.03. The van der Waals surface area contributed by atoms with Crippen LogP contribution in [0.2, 0.25) is 0 Å². The van der Waals surface area contributed by atoms with Crippen LogP contribution >= 0.6 is 0 Å². The smallest absolute Gasteiger partial charge is 0.160 e. The minimum Gasteiger partial charge on any atom is -0.493 e. The third-order valence-corrected chi connectivity index (χ3v) is 2.39. The van der Waals surface area contributed by atoms with E-state index in [9.17, 15) is 0 Å². The second-order valence-corrected chi connectivity index (χ2v) is 3.36. The Hall–Kier alpha value is -1.73. The summed E-state index contributed by atoms with van der Waals surface area (Å²) in [6.07, 6.45) is 0.646. The van der Waals surface area contributed by atoms with Crippen molar-refractivity contribution >= 4 is 0 Å². The Kier molecular flexibility index (Phi) is 4.62. The average molecular weight is 220 g/mol. The highest BCUT2D eigenvalue weighted by Gasteiger charge is 2.09. The lowest BCUT2D eigenvalue weighted by Crippen LogP contribution is -2.25. The average Bonchev–Trinajstić information content (AvgIpc) is 2.35. The molecular formula is C12H16N2O2. The Bertz CT molecular complexity index is 385. The van der Waals surface area contributed by atoms with E-state index in [1.54, 1.807) is 21.3 Å². The predicted octanol–water partition coefficient (Wildman–Crippen LogP) is 1.36. The number of nitriles is 1. The zero-order valence-electron chi connectivity index (χ0n) is 9.78. The van der Waals surface area contributed by atoms with Crippen LogP contribution in [-0.2, 0) is 6.42 Å². The topological polar surface area (TPSA) is 54.3 Å². The summed E-state index contributed by atoms with van der Waals surface area (Å²) in [5.41, 5.74) is 1.04. The molecule has 0 bridgehead atoms. The van der Waals surface area contributed by atoms with Crippen molar-refractivity contribution in [1.82, 2.24) is 5.32 Å². The summed E-state index contributed by atoms with van der Waals surface area (Å²) in [4.78, 5) is 0. The first-order chi connectivity index (χ1) is 7.74. The molecule has 0 heterocycles. The van der Waals surface area contributed by atoms with E-state index >= 15 is 0 Å². The Labute approximate surface area is 95.8 Å². The number of nitrogens with one attached hydrogen (secondary N) is 1. The Morgan fingerprint density at radius 1 is 1.31 bits per heavy atom. The fourth-order valence-corrected chi connectivity index (χ4v) is 1.46. The summed E-state index contributed by atoms with van der Waals surface area (Å²) in [6.45, 7) is 0. The van der Waals surface area contributed by atoms with Crippen molar-refractivity contribution in [2.75, 3.05) is 21.3 Å². The first-order valence-corrected chi connectivity index (χ1v) is 5.03. The monoisotopic (exact) mass is 220 g/mol. The van der Waals surface area contributed by atoms with Gasteiger partial charge in [0.2, 0.25) is 0 Å². The van der Waals surface area contributed by atoms with Gasteiger partial charge in [-0.15, -0.1) is 0 Å². The molecule has 1 atom stereocenters. The second-order valence-electron chi connectivity index (χ2n) is 3.36. The van der Waals surface area contributed by atoms with Crippen LogP contribution in [0, 0.1) is 11.3 Å². The van der Waals surface area contributed by atoms with E-state index in [1.165, 1.54) is 0 Å². The number of nitrogens with zero attached hydrogens (tertiary/aromatic N) is 1. The minimum atomic E-state index is -0.182. The molecule has 0 aliphatic carbocycles. The van der Waals surface area contributed by atoms with E-state index in [0.29, 0.717) is 17.9 Å². The molecule has 0 aromatic heterocycles. The van der Waals surface area contributed by atoms with Gasteiger partial charge in [0.1, 0.15) is 0 Å². The number of methoxy groups -OCH3 is 2. The fraction of sp³-hybridized carbons (Fsp3) is 0.417. The van der Waals surface area contributed by atoms with Gasteiger partial charge in [-0.1, -0.05) is 6.07 Å². The van der Waals surface area contributed by atoms with Gasteiger partial charge in [0.05, 0.1) is 26.3 Å². The van der Waals surface area contributed by atoms with E-state index in [4.69, 9.17) is 14.7 Å². The molecular weight excluding hydrogens is 204 g/mol. The third-order valence-electron chi connectivity index (χ3n) is 2.39. The Morgan fingerprint density at radius 2 is 2.00 bits per heavy atom. The van der Waals surface area contributed by atoms with Crippen LogP contribution in [0.5, 0.6) is 11.5 Å². The molecule has 4 nitrogen and oxygen atoms in total. The van der Waals surface area contributed by atoms with Gasteiger partial charge in [-0.05, 0) is 24.7 Å². The van der Waals surface area contributed by atoms with Crippen LogP contribution in [0.3, 0.4) is 0 Å². The standard InChI is InChI=1S/C12H16N2O2/c1-14-10(8-13)6-9-4-5-11(15-2)12(7-9)16-3/h4-5,7,10,14H,6H2,1-3H3. The maximum Gasteiger partial charge on any atom is 0.160 e. The van der Waals surface area contributed by atoms with Crippen molar-refractivity contribution in [1.29, 1.82) is 5.26 Å². The molecule has 1 N–H and O–H groups in total. The molecule has 86 valence electrons. The van der Waals surface area contributed by atoms with E-state index in [-0.39, 0.29) is 6.04 Å². The summed E-state index contributed by atoms with van der Waals surface area (Å²) in [7, 11) is 4.97. The summed E-state index contributed by atoms with van der Waals surface area (Å²) >= 11 is 0. The maximum atomic E-state index is 8.85. The summed E-state index contributed by atoms with van der Waals surface area (Å²) in [5, 5.41) is 11.8. The van der Waals surface area contributed by atoms with Gasteiger partial charge in [0.25, 0.3) is 0 Å². The molecule has 1 unspecified atom stereocenters. The number of benzene rings is 1. The largest absolute Gasteiger partial charge is 0.493 e. The van der Waals surface area contributed by atoms with Crippen LogP contribution in [0.25, 0.3) is 0 Å². The normalized spacial score (nSPS) is 11.6. The molecule has 0 spiro atoms. The zero-order valence-corrected chi connectivity index (χ0v) is 9.78. The number of rotatable bonds is 5. The highest BCUT2D eigenvalue weighted by Crippen LogP contribution is 2.27. The molecule has 16 heavy (non-hydrogen) atoms. The van der Waals surface area contributed by atoms with E-state index in [0.717, 1.165) is 5.56 Å². The van der Waals surface area contributed by atoms with Crippen molar-refractivity contribution in [2.45, 2.75) is 12.5 Å². The third kappa shape index (κ3) is 2.88. The van der Waals surface area contributed by atoms with E-state index in [2.05, 4.69) is 11.4 Å². The van der Waals surface area contributed by atoms with Crippen molar-refractivity contribution in [3.05, 3.63) is 23.8 Å². The lowest BCUT2D eigenvalue weighted by Gasteiger charge is -2.11. The van der Waals surface area contributed by atoms with Crippen molar-refractivity contribution in [3.63, 3.8) is 0 Å². The van der Waals surface area contributed by atoms with Crippen molar-refractivity contribution in [3.8, 4) is 17.6 Å². The van der Waals surface area contributed by atoms with Gasteiger partial charge in [-0.2, -0.15) is 5.26 Å². The Morgan fingerprint density at radius 3 is 2.50 bits per heavy atom. The molecule has 1 rings (SSSR count). The molecule has 0 amide bonds. The molecule has 0 fully saturated rings. The van der Waals surface area contributed by atoms with Crippen LogP contribution < -0.4 is 14.8 Å². The van der Waals surface area contributed by atoms with Gasteiger partial charge in [-0.3, -0.25) is 0 Å². The van der Waals surface area contributed by atoms with Crippen LogP contribution in [0.4, 0.5) is 0 Å². The molecule has 1 aromatic carbocycles. The van der Waals surface area contributed by atoms with Gasteiger partial charge in [0.15, 0.2) is 11.5 Å². The summed E-state index contributed by atoms with van der Waals surface area (Å²) in [6, 6.07) is 7.67. The molecule has 4 heteroatoms. The number of ether oxygens (including phenoxy) is 2. The van der Waals surface area contributed by atoms with E-state index < -0.39 is 0 Å². The lowest BCUT2D eigenvalue weighted by molar-refractivity contribution is 0.354. The van der Waals surface area contributed by atoms with Gasteiger partial charge in [0, 0.05) is 6.42 Å². The quantitative estimate of drug-likeness (QED) is 0.814. The second kappa shape index (κ2) is 5.99. The number of hydrogen-bond acceptors (Lipinski definition) is 4. The molecule has 0 aliphatic heterocycles. The molecule has 0 aliphatic rings. The van der Waals surface area contributed by atoms with Crippen LogP contribution in [-0.4, -0.2) is 27.3 Å². The van der Waals surface area contributed by atoms with Gasteiger partial charge < -0.3 is 14.8 Å². The maximum absolute atomic E-state index is 8.85. The fourth-order valence-electron chi connectivity index (χ4n) is 1.46. The van der Waals surface area contributed by atoms with Gasteiger partial charge in [-0.25, -0.2) is 0 Å². The van der Waals surface area contributed by atoms with Crippen molar-refractivity contribution in [2.24, 2.45) is 0 Å². The van der Waals surface area contributed by atoms with Crippen LogP contribution in [0.15, 0.2) is 18.2 Å². The highest BCUT2D eigenvalue weighted by atomic mass is 16.5. The lowest BCUT2D eigenvalue weighted by atomic mass is 10.1. The molecule has 0 saturated heterocycles. The van der Waals surface area contributed by atoms with Crippen LogP contribution in [0.1, 0.15) is 5.56 Å². The van der Waals surface area contributed by atoms with E-state index in [1.807, 2.05) is 18.2 Å². The molecule has 0 radical (unpaired) electrons. The summed E-state index contributed by atoms with van der Waals surface area (Å²) < 4.78 is 10.3. The van der Waals surface area contributed by atoms with Crippen molar-refractivity contribution < 1.29 is 9.47 Å². The minimum absolute atomic E-state index is 0.182. The van der Waals surface area contributed by atoms with Gasteiger partial charge >= 0.3 is 0 Å². The Balaban J connectivity index is 2.87. The number of hydrogen-bond donors (Lipinski definition) is 1. The number of likely N-dealkylation sites (N-methyl/N-ethyl adjacent to an activating group) is 1. The molecule has 0 saturated carbocycles. The summed E-state index contributed by atoms with van der Waals surface area (Å²) in [5.74, 6) is 1.39. The SMILES string of the molecule is CNC(C#N)Cc1ccc(OC)c(OC)c1. The molecule has 1 aromatic rings.